The van der Waals surface area contributed by atoms with Crippen molar-refractivity contribution in [3.05, 3.63) is 52.7 Å². The minimum atomic E-state index is 0.330. The van der Waals surface area contributed by atoms with Crippen molar-refractivity contribution in [3.63, 3.8) is 0 Å². The molecule has 1 fully saturated rings. The molecule has 0 amide bonds. The van der Waals surface area contributed by atoms with Gasteiger partial charge >= 0.3 is 0 Å². The van der Waals surface area contributed by atoms with Gasteiger partial charge in [-0.3, -0.25) is 0 Å². The molecule has 1 aliphatic rings. The van der Waals surface area contributed by atoms with E-state index in [1.807, 2.05) is 0 Å². The monoisotopic (exact) mass is 353 g/mol. The number of aromatic nitrogens is 2. The third-order valence-electron chi connectivity index (χ3n) is 4.61. The van der Waals surface area contributed by atoms with Gasteiger partial charge in [0.15, 0.2) is 0 Å². The summed E-state index contributed by atoms with van der Waals surface area (Å²) in [6, 6.07) is 12.8. The van der Waals surface area contributed by atoms with Gasteiger partial charge in [-0.1, -0.05) is 30.3 Å². The van der Waals surface area contributed by atoms with Crippen LogP contribution in [0.3, 0.4) is 0 Å². The molecular weight excluding hydrogens is 330 g/mol. The summed E-state index contributed by atoms with van der Waals surface area (Å²) in [6.45, 7) is 4.60. The Morgan fingerprint density at radius 2 is 2.12 bits per heavy atom. The van der Waals surface area contributed by atoms with Crippen LogP contribution in [0.5, 0.6) is 0 Å². The van der Waals surface area contributed by atoms with Crippen LogP contribution >= 0.6 is 11.3 Å². The van der Waals surface area contributed by atoms with E-state index >= 15 is 0 Å². The fraction of sp³-hybridized carbons (Fsp3) is 0.400. The fourth-order valence-electron chi connectivity index (χ4n) is 3.26. The first-order valence-electron chi connectivity index (χ1n) is 8.93. The van der Waals surface area contributed by atoms with E-state index in [9.17, 15) is 0 Å². The number of nitrogens with one attached hydrogen (secondary N) is 1. The van der Waals surface area contributed by atoms with Gasteiger partial charge in [0.1, 0.15) is 16.5 Å². The fourth-order valence-corrected chi connectivity index (χ4v) is 4.14. The zero-order chi connectivity index (χ0) is 17.1. The van der Waals surface area contributed by atoms with Gasteiger partial charge in [0.05, 0.1) is 12.0 Å². The van der Waals surface area contributed by atoms with Crippen molar-refractivity contribution in [2.24, 2.45) is 0 Å². The second-order valence-corrected chi connectivity index (χ2v) is 7.82. The third-order valence-corrected chi connectivity index (χ3v) is 5.55. The number of hydrogen-bond donors (Lipinski definition) is 1. The van der Waals surface area contributed by atoms with Crippen molar-refractivity contribution < 1.29 is 4.74 Å². The maximum Gasteiger partial charge on any atom is 0.138 e. The summed E-state index contributed by atoms with van der Waals surface area (Å²) < 4.78 is 5.52. The second kappa shape index (κ2) is 7.50. The Bertz CT molecular complexity index is 841. The maximum atomic E-state index is 5.52. The SMILES string of the molecule is Cc1cc2c(NCCCc3ccccc3)nc(C3CCOC3)nc2s1. The first kappa shape index (κ1) is 16.5. The van der Waals surface area contributed by atoms with Crippen molar-refractivity contribution >= 4 is 27.4 Å². The molecule has 3 aromatic rings. The van der Waals surface area contributed by atoms with E-state index in [0.717, 1.165) is 60.9 Å². The molecule has 130 valence electrons. The van der Waals surface area contributed by atoms with Crippen LogP contribution in [0.15, 0.2) is 36.4 Å². The number of thiophene rings is 1. The Morgan fingerprint density at radius 1 is 1.24 bits per heavy atom. The Morgan fingerprint density at radius 3 is 2.92 bits per heavy atom. The molecular formula is C20H23N3OS. The molecule has 5 heteroatoms. The quantitative estimate of drug-likeness (QED) is 0.661. The van der Waals surface area contributed by atoms with Gasteiger partial charge < -0.3 is 10.1 Å². The average Bonchev–Trinajstić information content (AvgIpc) is 3.28. The number of anilines is 1. The molecule has 0 spiro atoms. The molecule has 1 unspecified atom stereocenters. The van der Waals surface area contributed by atoms with E-state index in [2.05, 4.69) is 48.6 Å². The van der Waals surface area contributed by atoms with Crippen LogP contribution in [0.4, 0.5) is 5.82 Å². The molecule has 1 aliphatic heterocycles. The Hall–Kier alpha value is -1.98. The highest BCUT2D eigenvalue weighted by Crippen LogP contribution is 2.32. The maximum absolute atomic E-state index is 5.52. The van der Waals surface area contributed by atoms with Gasteiger partial charge in [0.2, 0.25) is 0 Å². The highest BCUT2D eigenvalue weighted by Gasteiger charge is 2.22. The lowest BCUT2D eigenvalue weighted by Gasteiger charge is -2.11. The molecule has 1 N–H and O–H groups in total. The van der Waals surface area contributed by atoms with Gasteiger partial charge in [-0.25, -0.2) is 9.97 Å². The molecule has 1 saturated heterocycles. The van der Waals surface area contributed by atoms with Crippen LogP contribution in [0.2, 0.25) is 0 Å². The molecule has 1 atom stereocenters. The summed E-state index contributed by atoms with van der Waals surface area (Å²) in [5.74, 6) is 2.23. The van der Waals surface area contributed by atoms with Crippen molar-refractivity contribution in [1.29, 1.82) is 0 Å². The number of rotatable bonds is 6. The molecule has 4 rings (SSSR count). The highest BCUT2D eigenvalue weighted by atomic mass is 32.1. The molecule has 4 nitrogen and oxygen atoms in total. The van der Waals surface area contributed by atoms with Crippen LogP contribution in [-0.2, 0) is 11.2 Å². The van der Waals surface area contributed by atoms with Crippen molar-refractivity contribution in [2.75, 3.05) is 25.1 Å². The highest BCUT2D eigenvalue weighted by molar-refractivity contribution is 7.18. The van der Waals surface area contributed by atoms with Gasteiger partial charge in [-0.05, 0) is 37.8 Å². The van der Waals surface area contributed by atoms with E-state index < -0.39 is 0 Å². The van der Waals surface area contributed by atoms with Crippen molar-refractivity contribution in [1.82, 2.24) is 9.97 Å². The lowest BCUT2D eigenvalue weighted by Crippen LogP contribution is -2.10. The minimum absolute atomic E-state index is 0.330. The van der Waals surface area contributed by atoms with E-state index in [-0.39, 0.29) is 0 Å². The number of nitrogens with zero attached hydrogens (tertiary/aromatic N) is 2. The predicted octanol–water partition coefficient (Wildman–Crippen LogP) is 4.55. The molecule has 0 radical (unpaired) electrons. The third kappa shape index (κ3) is 3.83. The molecule has 0 saturated carbocycles. The van der Waals surface area contributed by atoms with E-state index in [0.29, 0.717) is 5.92 Å². The lowest BCUT2D eigenvalue weighted by atomic mass is 10.1. The molecule has 0 aliphatic carbocycles. The van der Waals surface area contributed by atoms with Crippen LogP contribution < -0.4 is 5.32 Å². The van der Waals surface area contributed by atoms with Crippen molar-refractivity contribution in [3.8, 4) is 0 Å². The smallest absolute Gasteiger partial charge is 0.138 e. The van der Waals surface area contributed by atoms with E-state index in [1.165, 1.54) is 10.4 Å². The zero-order valence-electron chi connectivity index (χ0n) is 14.5. The van der Waals surface area contributed by atoms with E-state index in [4.69, 9.17) is 14.7 Å². The van der Waals surface area contributed by atoms with E-state index in [1.54, 1.807) is 11.3 Å². The summed E-state index contributed by atoms with van der Waals surface area (Å²) in [4.78, 5) is 12.0. The standard InChI is InChI=1S/C20H23N3OS/c1-14-12-17-19(21-10-5-8-15-6-3-2-4-7-15)22-18(23-20(17)25-14)16-9-11-24-13-16/h2-4,6-7,12,16H,5,8-11,13H2,1H3,(H,21,22,23). The summed E-state index contributed by atoms with van der Waals surface area (Å²) in [5, 5.41) is 4.69. The first-order valence-corrected chi connectivity index (χ1v) is 9.75. The topological polar surface area (TPSA) is 47.0 Å². The number of benzene rings is 1. The largest absolute Gasteiger partial charge is 0.381 e. The Balaban J connectivity index is 1.49. The number of aryl methyl sites for hydroxylation is 2. The minimum Gasteiger partial charge on any atom is -0.381 e. The summed E-state index contributed by atoms with van der Waals surface area (Å²) in [7, 11) is 0. The van der Waals surface area contributed by atoms with Crippen LogP contribution in [0, 0.1) is 6.92 Å². The number of ether oxygens (including phenoxy) is 1. The van der Waals surface area contributed by atoms with Gasteiger partial charge in [0, 0.05) is 23.9 Å². The molecule has 1 aromatic carbocycles. The van der Waals surface area contributed by atoms with Gasteiger partial charge in [0.25, 0.3) is 0 Å². The lowest BCUT2D eigenvalue weighted by molar-refractivity contribution is 0.193. The average molecular weight is 353 g/mol. The van der Waals surface area contributed by atoms with Crippen molar-refractivity contribution in [2.45, 2.75) is 32.1 Å². The number of fused-ring (bicyclic) bond motifs is 1. The van der Waals surface area contributed by atoms with Crippen LogP contribution in [-0.4, -0.2) is 29.7 Å². The Kier molecular flexibility index (Phi) is 4.95. The summed E-state index contributed by atoms with van der Waals surface area (Å²) in [5.41, 5.74) is 1.38. The zero-order valence-corrected chi connectivity index (χ0v) is 15.3. The molecule has 25 heavy (non-hydrogen) atoms. The normalized spacial score (nSPS) is 17.2. The van der Waals surface area contributed by atoms with Gasteiger partial charge in [-0.2, -0.15) is 0 Å². The molecule has 0 bridgehead atoms. The predicted molar refractivity (Wildman–Crippen MR) is 104 cm³/mol. The number of hydrogen-bond acceptors (Lipinski definition) is 5. The van der Waals surface area contributed by atoms with Crippen LogP contribution in [0.25, 0.3) is 10.2 Å². The Labute approximate surface area is 152 Å². The summed E-state index contributed by atoms with van der Waals surface area (Å²) in [6.07, 6.45) is 3.18. The molecule has 2 aromatic heterocycles. The molecule has 3 heterocycles. The first-order chi connectivity index (χ1) is 12.3. The second-order valence-electron chi connectivity index (χ2n) is 6.58. The van der Waals surface area contributed by atoms with Crippen LogP contribution in [0.1, 0.15) is 35.0 Å². The van der Waals surface area contributed by atoms with Gasteiger partial charge in [-0.15, -0.1) is 11.3 Å². The summed E-state index contributed by atoms with van der Waals surface area (Å²) >= 11 is 1.74.